The number of para-hydroxylation sites is 10. The second kappa shape index (κ2) is 23.8. The van der Waals surface area contributed by atoms with Gasteiger partial charge in [-0.3, -0.25) is 9.13 Å². The van der Waals surface area contributed by atoms with Gasteiger partial charge in [-0.15, -0.1) is 0 Å². The molecule has 0 saturated heterocycles. The van der Waals surface area contributed by atoms with Crippen LogP contribution >= 0.6 is 0 Å². The number of rotatable bonds is 9. The van der Waals surface area contributed by atoms with Crippen LogP contribution in [0.3, 0.4) is 0 Å². The van der Waals surface area contributed by atoms with Crippen LogP contribution in [0.15, 0.2) is 382 Å². The van der Waals surface area contributed by atoms with E-state index >= 15 is 0 Å². The van der Waals surface area contributed by atoms with Gasteiger partial charge in [0, 0.05) is 126 Å². The molecule has 26 aromatic rings. The van der Waals surface area contributed by atoms with Crippen LogP contribution in [0.2, 0.25) is 0 Å². The number of nitrogens with zero attached hydrogens (tertiary/aromatic N) is 11. The highest BCUT2D eigenvalue weighted by Gasteiger charge is 2.29. The van der Waals surface area contributed by atoms with Crippen molar-refractivity contribution in [1.82, 2.24) is 51.5 Å². The van der Waals surface area contributed by atoms with Crippen molar-refractivity contribution in [3.63, 3.8) is 0 Å². The summed E-state index contributed by atoms with van der Waals surface area (Å²) in [7, 11) is 0. The Kier molecular flexibility index (Phi) is 12.9. The van der Waals surface area contributed by atoms with E-state index in [9.17, 15) is 0 Å². The quantitative estimate of drug-likeness (QED) is 0.144. The van der Waals surface area contributed by atoms with Crippen molar-refractivity contribution >= 4 is 174 Å². The molecule has 0 unspecified atom stereocenters. The average molecular weight is 1480 g/mol. The van der Waals surface area contributed by atoms with E-state index in [-0.39, 0.29) is 0 Å². The highest BCUT2D eigenvalue weighted by molar-refractivity contribution is 6.28. The number of hydrogen-bond acceptors (Lipinski definition) is 3. The summed E-state index contributed by atoms with van der Waals surface area (Å²) in [5.41, 5.74) is 24.5. The molecule has 0 atom stereocenters. The molecule has 26 rings (SSSR count). The lowest BCUT2D eigenvalue weighted by molar-refractivity contribution is 0.893. The third-order valence-electron chi connectivity index (χ3n) is 24.6. The van der Waals surface area contributed by atoms with Crippen LogP contribution in [0.25, 0.3) is 232 Å². The molecule has 0 radical (unpaired) electrons. The van der Waals surface area contributed by atoms with E-state index in [1.807, 2.05) is 0 Å². The van der Waals surface area contributed by atoms with Crippen molar-refractivity contribution in [1.29, 1.82) is 0 Å². The van der Waals surface area contributed by atoms with Gasteiger partial charge in [-0.05, 0) is 170 Å². The Labute approximate surface area is 661 Å². The molecule has 0 aliphatic carbocycles. The normalized spacial score (nSPS) is 12.3. The zero-order valence-corrected chi connectivity index (χ0v) is 62.3. The Morgan fingerprint density at radius 3 is 0.578 bits per heavy atom. The van der Waals surface area contributed by atoms with Gasteiger partial charge in [-0.2, -0.15) is 15.0 Å². The molecule has 11 heteroatoms. The monoisotopic (exact) mass is 1480 g/mol. The molecule has 0 aliphatic heterocycles. The van der Waals surface area contributed by atoms with Crippen LogP contribution < -0.4 is 0 Å². The minimum atomic E-state index is 0.471. The van der Waals surface area contributed by atoms with Crippen LogP contribution in [0.4, 0.5) is 0 Å². The van der Waals surface area contributed by atoms with Gasteiger partial charge in [0.05, 0.1) is 88.3 Å². The van der Waals surface area contributed by atoms with E-state index in [1.54, 1.807) is 0 Å². The van der Waals surface area contributed by atoms with Gasteiger partial charge >= 0.3 is 0 Å². The minimum absolute atomic E-state index is 0.471. The summed E-state index contributed by atoms with van der Waals surface area (Å²) < 4.78 is 19.3. The Bertz CT molecular complexity index is 8200. The number of hydrogen-bond donors (Lipinski definition) is 0. The number of fused-ring (bicyclic) bond motifs is 24. The van der Waals surface area contributed by atoms with Crippen LogP contribution in [0.1, 0.15) is 0 Å². The maximum atomic E-state index is 6.11. The summed E-state index contributed by atoms with van der Waals surface area (Å²) in [6, 6.07) is 140. The van der Waals surface area contributed by atoms with E-state index in [0.717, 1.165) is 193 Å². The van der Waals surface area contributed by atoms with Crippen molar-refractivity contribution in [3.05, 3.63) is 382 Å². The standard InChI is InChI=1S/C105H63N11/c1-8-30-64(31-9-1)103-106-104(115-93-56-83-73-46-24-28-50-89(73)109(65-32-10-2-11-33-65)91(83)58-85(93)86-59-92-84(57-94(86)115)74-47-25-29-51-90(74)110(92)66-34-12-3-13-35-66)108-105(107-103)116-101-62-99-79(77-52-75-71-44-22-26-48-87(71)111(67-36-14-4-15-37-67)95(75)60-97(77)113(99)69-40-18-6-19-41-69)54-81(101)82-55-80-78-53-76-72-45-23-27-49-88(72)112(68-38-16-5-17-39-68)96(76)61-98(78)114(100(80)63-102(82)116)70-42-20-7-21-43-70/h1-63H. The van der Waals surface area contributed by atoms with Crippen LogP contribution in [0, 0.1) is 0 Å². The summed E-state index contributed by atoms with van der Waals surface area (Å²) in [4.78, 5) is 17.8. The molecule has 116 heavy (non-hydrogen) atoms. The van der Waals surface area contributed by atoms with Gasteiger partial charge in [-0.25, -0.2) is 0 Å². The van der Waals surface area contributed by atoms with Gasteiger partial charge in [0.25, 0.3) is 0 Å². The molecular weight excluding hydrogens is 1420 g/mol. The first kappa shape index (κ1) is 62.9. The zero-order chi connectivity index (χ0) is 75.5. The fourth-order valence-electron chi connectivity index (χ4n) is 19.7. The molecule has 0 amide bonds. The zero-order valence-electron chi connectivity index (χ0n) is 62.3. The molecular formula is C105H63N11. The topological polar surface area (TPSA) is 78.1 Å². The van der Waals surface area contributed by atoms with Gasteiger partial charge in [-0.1, -0.05) is 212 Å². The van der Waals surface area contributed by atoms with Gasteiger partial charge < -0.3 is 27.4 Å². The second-order valence-electron chi connectivity index (χ2n) is 30.7. The lowest BCUT2D eigenvalue weighted by Crippen LogP contribution is -2.10. The predicted octanol–water partition coefficient (Wildman–Crippen LogP) is 26.3. The van der Waals surface area contributed by atoms with Gasteiger partial charge in [0.1, 0.15) is 0 Å². The average Bonchev–Trinajstić information content (AvgIpc) is 1.54. The van der Waals surface area contributed by atoms with E-state index in [2.05, 4.69) is 419 Å². The smallest absolute Gasteiger partial charge is 0.240 e. The largest absolute Gasteiger partial charge is 0.309 e. The van der Waals surface area contributed by atoms with Crippen LogP contribution in [0.5, 0.6) is 0 Å². The molecule has 9 heterocycles. The van der Waals surface area contributed by atoms with Gasteiger partial charge in [0.15, 0.2) is 5.82 Å². The van der Waals surface area contributed by atoms with Crippen LogP contribution in [-0.4, -0.2) is 51.5 Å². The van der Waals surface area contributed by atoms with Crippen molar-refractivity contribution in [2.45, 2.75) is 0 Å². The molecule has 0 saturated carbocycles. The first-order chi connectivity index (χ1) is 57.6. The molecule has 538 valence electrons. The Balaban J connectivity index is 0.830. The highest BCUT2D eigenvalue weighted by Crippen LogP contribution is 2.49. The molecule has 0 bridgehead atoms. The predicted molar refractivity (Wildman–Crippen MR) is 480 cm³/mol. The summed E-state index contributed by atoms with van der Waals surface area (Å²) in [5.74, 6) is 1.49. The third-order valence-corrected chi connectivity index (χ3v) is 24.6. The van der Waals surface area contributed by atoms with Crippen molar-refractivity contribution in [3.8, 4) is 57.4 Å². The third kappa shape index (κ3) is 8.82. The molecule has 0 spiro atoms. The summed E-state index contributed by atoms with van der Waals surface area (Å²) in [6.07, 6.45) is 0. The second-order valence-corrected chi connectivity index (χ2v) is 30.7. The molecule has 0 fully saturated rings. The molecule has 0 aliphatic rings. The Morgan fingerprint density at radius 1 is 0.129 bits per heavy atom. The van der Waals surface area contributed by atoms with Gasteiger partial charge in [0.2, 0.25) is 11.9 Å². The van der Waals surface area contributed by atoms with Crippen molar-refractivity contribution in [2.75, 3.05) is 0 Å². The fourth-order valence-corrected chi connectivity index (χ4v) is 19.7. The molecule has 11 nitrogen and oxygen atoms in total. The van der Waals surface area contributed by atoms with E-state index in [0.29, 0.717) is 17.7 Å². The summed E-state index contributed by atoms with van der Waals surface area (Å²) in [6.45, 7) is 0. The molecule has 9 aromatic heterocycles. The summed E-state index contributed by atoms with van der Waals surface area (Å²) >= 11 is 0. The maximum Gasteiger partial charge on any atom is 0.240 e. The van der Waals surface area contributed by atoms with Crippen molar-refractivity contribution < 1.29 is 0 Å². The van der Waals surface area contributed by atoms with Crippen LogP contribution in [-0.2, 0) is 0 Å². The number of aromatic nitrogens is 11. The lowest BCUT2D eigenvalue weighted by Gasteiger charge is -2.14. The summed E-state index contributed by atoms with van der Waals surface area (Å²) in [5, 5.41) is 18.1. The maximum absolute atomic E-state index is 6.11. The first-order valence-corrected chi connectivity index (χ1v) is 39.6. The first-order valence-electron chi connectivity index (χ1n) is 39.6. The fraction of sp³-hybridized carbons (Fsp3) is 0. The minimum Gasteiger partial charge on any atom is -0.309 e. The van der Waals surface area contributed by atoms with E-state index < -0.39 is 0 Å². The SMILES string of the molecule is c1ccc(-c2nc(-n3c4cc5c6ccccc6n(-c6ccccc6)c5cc4c4cc5c(cc43)c3ccccc3n5-c3ccccc3)nc(-n3c4cc5c(cc4c4cc6c7cc8c9ccccc9n(-c9ccccc9)c8cc7n(-c7ccccc7)c6cc43)c3cc4c6ccccc6n(-c6ccccc6)c4cc3n5-c3ccccc3)n2)cc1. The highest BCUT2D eigenvalue weighted by atomic mass is 15.3. The van der Waals surface area contributed by atoms with E-state index in [1.165, 1.54) is 21.5 Å². The molecule has 17 aromatic carbocycles. The Hall–Kier alpha value is -15.9. The van der Waals surface area contributed by atoms with E-state index in [4.69, 9.17) is 15.0 Å². The number of benzene rings is 17. The Morgan fingerprint density at radius 2 is 0.310 bits per heavy atom. The molecule has 0 N–H and O–H groups in total. The lowest BCUT2D eigenvalue weighted by atomic mass is 10.0. The van der Waals surface area contributed by atoms with Crippen molar-refractivity contribution in [2.24, 2.45) is 0 Å².